The molecular formula is C26H29Cl2FN6O3. The van der Waals surface area contributed by atoms with Crippen LogP contribution in [0.5, 0.6) is 11.5 Å². The molecule has 1 fully saturated rings. The van der Waals surface area contributed by atoms with Crippen LogP contribution in [0.4, 0.5) is 26.6 Å². The lowest BCUT2D eigenvalue weighted by atomic mass is 10.3. The highest BCUT2D eigenvalue weighted by atomic mass is 35.5. The highest BCUT2D eigenvalue weighted by Gasteiger charge is 2.17. The first-order valence-electron chi connectivity index (χ1n) is 12.1. The summed E-state index contributed by atoms with van der Waals surface area (Å²) in [5, 5.41) is 3.62. The number of halogens is 3. The third-order valence-electron chi connectivity index (χ3n) is 5.96. The van der Waals surface area contributed by atoms with Crippen molar-refractivity contribution in [1.82, 2.24) is 19.8 Å². The van der Waals surface area contributed by atoms with Crippen molar-refractivity contribution < 1.29 is 18.7 Å². The number of hydrogen-bond acceptors (Lipinski definition) is 8. The van der Waals surface area contributed by atoms with Gasteiger partial charge in [-0.3, -0.25) is 4.90 Å². The maximum Gasteiger partial charge on any atom is 0.420 e. The molecule has 1 aliphatic heterocycles. The molecule has 3 aromatic rings. The number of nitrogens with zero attached hydrogens (tertiary/aromatic N) is 5. The smallest absolute Gasteiger partial charge is 0.420 e. The molecule has 1 aromatic heterocycles. The van der Waals surface area contributed by atoms with Crippen LogP contribution in [0.3, 0.4) is 0 Å². The number of carbonyl (C=O) groups excluding carboxylic acids is 1. The first kappa shape index (κ1) is 27.8. The van der Waals surface area contributed by atoms with Gasteiger partial charge in [0.15, 0.2) is 11.6 Å². The number of hydrogen-bond donors (Lipinski definition) is 1. The largest absolute Gasteiger partial charge is 0.490 e. The lowest BCUT2D eigenvalue weighted by Crippen LogP contribution is -2.44. The van der Waals surface area contributed by atoms with Gasteiger partial charge in [0.05, 0.1) is 6.61 Å². The molecular weight excluding hydrogens is 534 g/mol. The highest BCUT2D eigenvalue weighted by molar-refractivity contribution is 6.34. The summed E-state index contributed by atoms with van der Waals surface area (Å²) in [7, 11) is 3.62. The number of ether oxygens (including phenoxy) is 2. The Morgan fingerprint density at radius 3 is 2.55 bits per heavy atom. The molecule has 1 amide bonds. The Kier molecular flexibility index (Phi) is 9.57. The van der Waals surface area contributed by atoms with Gasteiger partial charge in [-0.2, -0.15) is 4.98 Å². The molecule has 1 N–H and O–H groups in total. The monoisotopic (exact) mass is 562 g/mol. The van der Waals surface area contributed by atoms with Gasteiger partial charge in [-0.25, -0.2) is 14.2 Å². The van der Waals surface area contributed by atoms with E-state index in [0.29, 0.717) is 22.3 Å². The van der Waals surface area contributed by atoms with Crippen LogP contribution >= 0.6 is 23.2 Å². The summed E-state index contributed by atoms with van der Waals surface area (Å²) in [6, 6.07) is 10.6. The number of nitrogens with one attached hydrogen (secondary N) is 1. The second-order valence-corrected chi connectivity index (χ2v) is 9.76. The quantitative estimate of drug-likeness (QED) is 0.351. The second kappa shape index (κ2) is 13.1. The Labute approximate surface area is 231 Å². The lowest BCUT2D eigenvalue weighted by Gasteiger charge is -2.32. The lowest BCUT2D eigenvalue weighted by molar-refractivity contribution is 0.145. The first-order chi connectivity index (χ1) is 18.3. The van der Waals surface area contributed by atoms with Gasteiger partial charge in [0, 0.05) is 67.8 Å². The Hall–Kier alpha value is -3.18. The minimum atomic E-state index is -0.701. The fourth-order valence-corrected chi connectivity index (χ4v) is 4.32. The Morgan fingerprint density at radius 2 is 1.84 bits per heavy atom. The van der Waals surface area contributed by atoms with Crippen molar-refractivity contribution in [2.45, 2.75) is 6.42 Å². The van der Waals surface area contributed by atoms with Crippen molar-refractivity contribution in [2.24, 2.45) is 0 Å². The molecule has 1 saturated heterocycles. The summed E-state index contributed by atoms with van der Waals surface area (Å²) in [5.74, 6) is 0.331. The predicted octanol–water partition coefficient (Wildman–Crippen LogP) is 5.32. The normalized spacial score (nSPS) is 14.2. The summed E-state index contributed by atoms with van der Waals surface area (Å²) in [6.07, 6.45) is 1.59. The number of piperazine rings is 1. The number of amides is 1. The third-order valence-corrected chi connectivity index (χ3v) is 6.40. The predicted molar refractivity (Wildman–Crippen MR) is 147 cm³/mol. The number of benzene rings is 2. The molecule has 202 valence electrons. The van der Waals surface area contributed by atoms with E-state index >= 15 is 0 Å². The molecule has 0 saturated carbocycles. The number of likely N-dealkylation sites (N-methyl/N-ethyl adjacent to an activating group) is 1. The molecule has 12 heteroatoms. The SMILES string of the molecule is CN1CCN(CCCOc2ccc(Nc3nccc(N(C)C(=O)Oc4cc(Cl)cc(Cl)c4)n3)cc2F)CC1. The maximum absolute atomic E-state index is 14.6. The molecule has 2 heterocycles. The average Bonchev–Trinajstić information content (AvgIpc) is 2.88. The molecule has 0 aliphatic carbocycles. The van der Waals surface area contributed by atoms with E-state index in [-0.39, 0.29) is 23.3 Å². The van der Waals surface area contributed by atoms with Crippen molar-refractivity contribution in [3.8, 4) is 11.5 Å². The molecule has 4 rings (SSSR count). The van der Waals surface area contributed by atoms with Gasteiger partial charge in [-0.15, -0.1) is 0 Å². The molecule has 1 aliphatic rings. The molecule has 0 bridgehead atoms. The molecule has 2 aromatic carbocycles. The average molecular weight is 563 g/mol. The van der Waals surface area contributed by atoms with Crippen molar-refractivity contribution in [3.63, 3.8) is 0 Å². The van der Waals surface area contributed by atoms with Crippen LogP contribution in [0.2, 0.25) is 10.0 Å². The fourth-order valence-electron chi connectivity index (χ4n) is 3.81. The van der Waals surface area contributed by atoms with Crippen LogP contribution in [0, 0.1) is 5.82 Å². The molecule has 0 unspecified atom stereocenters. The van der Waals surface area contributed by atoms with Gasteiger partial charge in [0.2, 0.25) is 5.95 Å². The minimum absolute atomic E-state index is 0.174. The number of rotatable bonds is 9. The third kappa shape index (κ3) is 7.91. The number of aromatic nitrogens is 2. The van der Waals surface area contributed by atoms with Crippen LogP contribution in [-0.4, -0.2) is 79.3 Å². The van der Waals surface area contributed by atoms with E-state index in [4.69, 9.17) is 32.7 Å². The standard InChI is InChI=1S/C26H29Cl2FN6O3/c1-33-9-11-35(12-10-33)8-3-13-37-23-5-4-20(17-22(23)29)31-25-30-7-6-24(32-25)34(2)26(36)38-21-15-18(27)14-19(28)16-21/h4-7,14-17H,3,8-13H2,1-2H3,(H,30,31,32). The molecule has 38 heavy (non-hydrogen) atoms. The zero-order valence-electron chi connectivity index (χ0n) is 21.2. The maximum atomic E-state index is 14.6. The Morgan fingerprint density at radius 1 is 1.11 bits per heavy atom. The van der Waals surface area contributed by atoms with Gasteiger partial charge in [0.25, 0.3) is 0 Å². The van der Waals surface area contributed by atoms with Crippen LogP contribution in [0.1, 0.15) is 6.42 Å². The summed E-state index contributed by atoms with van der Waals surface area (Å²) in [6.45, 7) is 5.58. The summed E-state index contributed by atoms with van der Waals surface area (Å²) < 4.78 is 25.6. The van der Waals surface area contributed by atoms with E-state index in [2.05, 4.69) is 32.1 Å². The van der Waals surface area contributed by atoms with Gasteiger partial charge in [0.1, 0.15) is 11.6 Å². The number of anilines is 3. The molecule has 9 nitrogen and oxygen atoms in total. The minimum Gasteiger partial charge on any atom is -0.490 e. The Bertz CT molecular complexity index is 1240. The van der Waals surface area contributed by atoms with Gasteiger partial charge in [-0.05, 0) is 49.9 Å². The second-order valence-electron chi connectivity index (χ2n) is 8.89. The van der Waals surface area contributed by atoms with Crippen molar-refractivity contribution in [2.75, 3.05) is 63.6 Å². The summed E-state index contributed by atoms with van der Waals surface area (Å²) in [4.78, 5) is 26.9. The molecule has 0 atom stereocenters. The fraction of sp³-hybridized carbons (Fsp3) is 0.346. The van der Waals surface area contributed by atoms with E-state index in [1.807, 2.05) is 0 Å². The van der Waals surface area contributed by atoms with E-state index in [1.54, 1.807) is 12.1 Å². The van der Waals surface area contributed by atoms with Crippen LogP contribution < -0.4 is 19.7 Å². The van der Waals surface area contributed by atoms with Crippen LogP contribution in [-0.2, 0) is 0 Å². The van der Waals surface area contributed by atoms with E-state index in [9.17, 15) is 9.18 Å². The van der Waals surface area contributed by atoms with Gasteiger partial charge in [-0.1, -0.05) is 23.2 Å². The number of carbonyl (C=O) groups is 1. The van der Waals surface area contributed by atoms with Crippen molar-refractivity contribution in [1.29, 1.82) is 0 Å². The van der Waals surface area contributed by atoms with Gasteiger partial charge >= 0.3 is 6.09 Å². The van der Waals surface area contributed by atoms with Crippen molar-refractivity contribution in [3.05, 3.63) is 64.5 Å². The van der Waals surface area contributed by atoms with Crippen LogP contribution in [0.25, 0.3) is 0 Å². The topological polar surface area (TPSA) is 83.1 Å². The van der Waals surface area contributed by atoms with Crippen LogP contribution in [0.15, 0.2) is 48.7 Å². The summed E-state index contributed by atoms with van der Waals surface area (Å²) in [5.41, 5.74) is 0.434. The Balaban J connectivity index is 1.30. The van der Waals surface area contributed by atoms with Gasteiger partial charge < -0.3 is 24.6 Å². The molecule has 0 spiro atoms. The highest BCUT2D eigenvalue weighted by Crippen LogP contribution is 2.26. The van der Waals surface area contributed by atoms with E-state index in [1.165, 1.54) is 48.5 Å². The zero-order chi connectivity index (χ0) is 27.1. The molecule has 0 radical (unpaired) electrons. The van der Waals surface area contributed by atoms with E-state index < -0.39 is 11.9 Å². The summed E-state index contributed by atoms with van der Waals surface area (Å²) >= 11 is 11.9. The zero-order valence-corrected chi connectivity index (χ0v) is 22.7. The van der Waals surface area contributed by atoms with E-state index in [0.717, 1.165) is 39.1 Å². The first-order valence-corrected chi connectivity index (χ1v) is 12.9. The van der Waals surface area contributed by atoms with Crippen molar-refractivity contribution >= 4 is 46.7 Å².